The second-order valence-electron chi connectivity index (χ2n) is 7.53. The molecule has 0 aromatic heterocycles. The lowest BCUT2D eigenvalue weighted by Gasteiger charge is -2.44. The molecule has 1 saturated heterocycles. The fourth-order valence-electron chi connectivity index (χ4n) is 3.44. The summed E-state index contributed by atoms with van der Waals surface area (Å²) in [4.78, 5) is 46.6. The molecule has 1 fully saturated rings. The first kappa shape index (κ1) is 26.3. The molecule has 5 atom stereocenters. The highest BCUT2D eigenvalue weighted by molar-refractivity contribution is 5.68. The van der Waals surface area contributed by atoms with E-state index in [0.29, 0.717) is 6.42 Å². The summed E-state index contributed by atoms with van der Waals surface area (Å²) in [7, 11) is 0. The first-order valence-corrected chi connectivity index (χ1v) is 10.6. The van der Waals surface area contributed by atoms with Gasteiger partial charge >= 0.3 is 23.9 Å². The number of carbonyl (C=O) groups is 4. The average molecular weight is 466 g/mol. The molecule has 0 radical (unpaired) electrons. The van der Waals surface area contributed by atoms with Crippen molar-refractivity contribution in [3.63, 3.8) is 0 Å². The Morgan fingerprint density at radius 1 is 0.788 bits per heavy atom. The van der Waals surface area contributed by atoms with Gasteiger partial charge in [0.1, 0.15) is 12.7 Å². The lowest BCUT2D eigenvalue weighted by molar-refractivity contribution is -0.308. The summed E-state index contributed by atoms with van der Waals surface area (Å²) < 4.78 is 32.8. The highest BCUT2D eigenvalue weighted by Gasteiger charge is 2.52. The van der Waals surface area contributed by atoms with Crippen LogP contribution in [0.4, 0.5) is 0 Å². The van der Waals surface area contributed by atoms with Gasteiger partial charge in [0.2, 0.25) is 0 Å². The molecule has 1 aliphatic heterocycles. The zero-order chi connectivity index (χ0) is 24.4. The van der Waals surface area contributed by atoms with Crippen molar-refractivity contribution in [3.05, 3.63) is 35.9 Å². The molecule has 0 unspecified atom stereocenters. The van der Waals surface area contributed by atoms with Crippen LogP contribution in [-0.4, -0.2) is 67.8 Å². The first-order valence-electron chi connectivity index (χ1n) is 10.6. The Kier molecular flexibility index (Phi) is 10.3. The number of ether oxygens (including phenoxy) is 6. The summed E-state index contributed by atoms with van der Waals surface area (Å²) in [6.45, 7) is 4.68. The lowest BCUT2D eigenvalue weighted by atomic mass is 9.98. The quantitative estimate of drug-likeness (QED) is 0.286. The number of carbonyl (C=O) groups excluding carboxylic acids is 4. The summed E-state index contributed by atoms with van der Waals surface area (Å²) in [5, 5.41) is 0. The zero-order valence-corrected chi connectivity index (χ0v) is 19.2. The molecule has 0 spiro atoms. The van der Waals surface area contributed by atoms with Gasteiger partial charge < -0.3 is 28.4 Å². The van der Waals surface area contributed by atoms with E-state index in [9.17, 15) is 19.2 Å². The third-order valence-corrected chi connectivity index (χ3v) is 4.68. The van der Waals surface area contributed by atoms with E-state index in [1.807, 2.05) is 30.3 Å². The van der Waals surface area contributed by atoms with E-state index in [1.54, 1.807) is 0 Å². The minimum Gasteiger partial charge on any atom is -0.463 e. The van der Waals surface area contributed by atoms with Crippen LogP contribution in [0.5, 0.6) is 0 Å². The van der Waals surface area contributed by atoms with Gasteiger partial charge in [-0.25, -0.2) is 0 Å². The summed E-state index contributed by atoms with van der Waals surface area (Å²) in [6, 6.07) is 9.80. The summed E-state index contributed by atoms with van der Waals surface area (Å²) in [6.07, 6.45) is -4.43. The number of esters is 4. The van der Waals surface area contributed by atoms with Crippen LogP contribution in [0.3, 0.4) is 0 Å². The van der Waals surface area contributed by atoms with Crippen LogP contribution in [0.2, 0.25) is 0 Å². The van der Waals surface area contributed by atoms with Crippen molar-refractivity contribution >= 4 is 23.9 Å². The Labute approximate surface area is 192 Å². The predicted molar refractivity (Wildman–Crippen MR) is 113 cm³/mol. The predicted octanol–water partition coefficient (Wildman–Crippen LogP) is 1.72. The maximum Gasteiger partial charge on any atom is 0.303 e. The van der Waals surface area contributed by atoms with Crippen molar-refractivity contribution in [1.82, 2.24) is 0 Å². The smallest absolute Gasteiger partial charge is 0.303 e. The molecule has 0 N–H and O–H groups in total. The number of benzene rings is 1. The van der Waals surface area contributed by atoms with Crippen LogP contribution in [0.1, 0.15) is 39.7 Å². The molecule has 1 aliphatic rings. The van der Waals surface area contributed by atoms with E-state index in [-0.39, 0.29) is 13.2 Å². The molecule has 33 heavy (non-hydrogen) atoms. The molecule has 0 saturated carbocycles. The van der Waals surface area contributed by atoms with Gasteiger partial charge in [0.15, 0.2) is 24.6 Å². The Balaban J connectivity index is 2.21. The maximum atomic E-state index is 11.8. The Morgan fingerprint density at radius 2 is 1.36 bits per heavy atom. The SMILES string of the molecule is CC(=O)OC[C@H]1O[C@@H](OCCCc2ccccc2)[C@@H](OC(C)=O)[C@@H](OC(C)=O)[C@H]1OC(C)=O. The molecule has 0 amide bonds. The Hall–Kier alpha value is -2.98. The van der Waals surface area contributed by atoms with Gasteiger partial charge in [-0.05, 0) is 18.4 Å². The molecular weight excluding hydrogens is 436 g/mol. The van der Waals surface area contributed by atoms with E-state index >= 15 is 0 Å². The second kappa shape index (κ2) is 12.9. The summed E-state index contributed by atoms with van der Waals surface area (Å²) >= 11 is 0. The third-order valence-electron chi connectivity index (χ3n) is 4.68. The fraction of sp³-hybridized carbons (Fsp3) is 0.565. The van der Waals surface area contributed by atoms with Crippen molar-refractivity contribution in [2.75, 3.05) is 13.2 Å². The van der Waals surface area contributed by atoms with Gasteiger partial charge in [-0.2, -0.15) is 0 Å². The van der Waals surface area contributed by atoms with Gasteiger partial charge in [0.05, 0.1) is 6.61 Å². The lowest BCUT2D eigenvalue weighted by Crippen LogP contribution is -2.63. The second-order valence-corrected chi connectivity index (χ2v) is 7.53. The molecule has 1 aromatic rings. The summed E-state index contributed by atoms with van der Waals surface area (Å²) in [5.74, 6) is -2.62. The molecule has 182 valence electrons. The number of hydrogen-bond acceptors (Lipinski definition) is 10. The van der Waals surface area contributed by atoms with Crippen LogP contribution < -0.4 is 0 Å². The monoisotopic (exact) mass is 466 g/mol. The Morgan fingerprint density at radius 3 is 1.94 bits per heavy atom. The largest absolute Gasteiger partial charge is 0.463 e. The molecule has 2 rings (SSSR count). The number of hydrogen-bond donors (Lipinski definition) is 0. The van der Waals surface area contributed by atoms with Gasteiger partial charge in [0.25, 0.3) is 0 Å². The van der Waals surface area contributed by atoms with Crippen LogP contribution in [0.25, 0.3) is 0 Å². The molecule has 1 aromatic carbocycles. The van der Waals surface area contributed by atoms with E-state index in [2.05, 4.69) is 0 Å². The first-order chi connectivity index (χ1) is 15.7. The molecule has 0 bridgehead atoms. The van der Waals surface area contributed by atoms with Crippen molar-refractivity contribution in [2.45, 2.75) is 71.2 Å². The van der Waals surface area contributed by atoms with Crippen molar-refractivity contribution in [3.8, 4) is 0 Å². The van der Waals surface area contributed by atoms with Crippen LogP contribution in [0.15, 0.2) is 30.3 Å². The summed E-state index contributed by atoms with van der Waals surface area (Å²) in [5.41, 5.74) is 1.13. The van der Waals surface area contributed by atoms with Crippen molar-refractivity contribution in [2.24, 2.45) is 0 Å². The minimum atomic E-state index is -1.23. The third kappa shape index (κ3) is 8.82. The molecule has 10 nitrogen and oxygen atoms in total. The highest BCUT2D eigenvalue weighted by atomic mass is 16.7. The van der Waals surface area contributed by atoms with Gasteiger partial charge in [0, 0.05) is 27.7 Å². The van der Waals surface area contributed by atoms with Crippen molar-refractivity contribution < 1.29 is 47.6 Å². The van der Waals surface area contributed by atoms with Crippen LogP contribution in [0, 0.1) is 0 Å². The van der Waals surface area contributed by atoms with E-state index in [1.165, 1.54) is 27.7 Å². The van der Waals surface area contributed by atoms with Gasteiger partial charge in [-0.15, -0.1) is 0 Å². The zero-order valence-electron chi connectivity index (χ0n) is 19.2. The van der Waals surface area contributed by atoms with E-state index in [0.717, 1.165) is 12.0 Å². The van der Waals surface area contributed by atoms with Crippen molar-refractivity contribution in [1.29, 1.82) is 0 Å². The fourth-order valence-corrected chi connectivity index (χ4v) is 3.44. The van der Waals surface area contributed by atoms with Crippen LogP contribution >= 0.6 is 0 Å². The maximum absolute atomic E-state index is 11.8. The number of aryl methyl sites for hydroxylation is 1. The van der Waals surface area contributed by atoms with E-state index < -0.39 is 54.6 Å². The van der Waals surface area contributed by atoms with E-state index in [4.69, 9.17) is 28.4 Å². The molecule has 1 heterocycles. The Bertz CT molecular complexity index is 809. The number of rotatable bonds is 10. The normalized spacial score (nSPS) is 24.4. The standard InChI is InChI=1S/C23H30O10/c1-14(24)29-13-19-20(30-15(2)25)21(31-16(3)26)22(32-17(4)27)23(33-19)28-12-8-11-18-9-6-5-7-10-18/h5-7,9-10,19-23H,8,11-13H2,1-4H3/t19-,20+,21+,22+,23-/m1/s1. The van der Waals surface area contributed by atoms with Crippen LogP contribution in [-0.2, 0) is 54.0 Å². The molecule has 10 heteroatoms. The minimum absolute atomic E-state index is 0.239. The molecule has 0 aliphatic carbocycles. The highest BCUT2D eigenvalue weighted by Crippen LogP contribution is 2.30. The topological polar surface area (TPSA) is 124 Å². The van der Waals surface area contributed by atoms with Gasteiger partial charge in [-0.1, -0.05) is 30.3 Å². The average Bonchev–Trinajstić information content (AvgIpc) is 2.73. The molecular formula is C23H30O10. The van der Waals surface area contributed by atoms with Gasteiger partial charge in [-0.3, -0.25) is 19.2 Å².